The molecule has 0 radical (unpaired) electrons. The first-order valence-corrected chi connectivity index (χ1v) is 8.58. The van der Waals surface area contributed by atoms with Gasteiger partial charge in [-0.3, -0.25) is 4.79 Å². The normalized spacial score (nSPS) is 18.3. The molecule has 0 N–H and O–H groups in total. The number of hydrogen-bond acceptors (Lipinski definition) is 3. The Morgan fingerprint density at radius 3 is 3.00 bits per heavy atom. The first kappa shape index (κ1) is 15.2. The van der Waals surface area contributed by atoms with Crippen molar-refractivity contribution in [3.63, 3.8) is 0 Å². The molecule has 0 aliphatic carbocycles. The Morgan fingerprint density at radius 1 is 1.45 bits per heavy atom. The van der Waals surface area contributed by atoms with Crippen LogP contribution in [0.5, 0.6) is 0 Å². The van der Waals surface area contributed by atoms with Crippen LogP contribution in [0.15, 0.2) is 41.8 Å². The number of hydrogen-bond donors (Lipinski definition) is 0. The van der Waals surface area contributed by atoms with Crippen molar-refractivity contribution in [1.29, 1.82) is 0 Å². The van der Waals surface area contributed by atoms with Gasteiger partial charge in [-0.25, -0.2) is 4.98 Å². The lowest BCUT2D eigenvalue weighted by molar-refractivity contribution is -0.118. The van der Waals surface area contributed by atoms with Crippen molar-refractivity contribution in [2.75, 3.05) is 4.90 Å². The van der Waals surface area contributed by atoms with Gasteiger partial charge in [-0.05, 0) is 38.8 Å². The zero-order chi connectivity index (χ0) is 15.7. The van der Waals surface area contributed by atoms with Crippen LogP contribution in [0.25, 0.3) is 0 Å². The molecule has 2 unspecified atom stereocenters. The fourth-order valence-electron chi connectivity index (χ4n) is 2.96. The summed E-state index contributed by atoms with van der Waals surface area (Å²) in [6.07, 6.45) is 4.67. The Labute approximate surface area is 135 Å². The second kappa shape index (κ2) is 6.16. The van der Waals surface area contributed by atoms with E-state index in [4.69, 9.17) is 0 Å². The van der Waals surface area contributed by atoms with Crippen LogP contribution >= 0.6 is 11.8 Å². The molecule has 2 atom stereocenters. The second-order valence-electron chi connectivity index (χ2n) is 5.65. The van der Waals surface area contributed by atoms with E-state index in [9.17, 15) is 4.79 Å². The van der Waals surface area contributed by atoms with Gasteiger partial charge in [0.15, 0.2) is 5.16 Å². The number of nitrogens with zero attached hydrogens (tertiary/aromatic N) is 3. The third-order valence-electron chi connectivity index (χ3n) is 4.09. The van der Waals surface area contributed by atoms with Gasteiger partial charge < -0.3 is 9.47 Å². The topological polar surface area (TPSA) is 38.1 Å². The van der Waals surface area contributed by atoms with Gasteiger partial charge in [0.1, 0.15) is 0 Å². The number of fused-ring (bicyclic) bond motifs is 1. The van der Waals surface area contributed by atoms with Gasteiger partial charge in [-0.15, -0.1) is 0 Å². The van der Waals surface area contributed by atoms with Crippen LogP contribution in [0.2, 0.25) is 0 Å². The molecule has 0 saturated heterocycles. The molecule has 0 bridgehead atoms. The van der Waals surface area contributed by atoms with Gasteiger partial charge in [-0.1, -0.05) is 30.0 Å². The van der Waals surface area contributed by atoms with E-state index in [1.807, 2.05) is 36.2 Å². The largest absolute Gasteiger partial charge is 0.326 e. The summed E-state index contributed by atoms with van der Waals surface area (Å²) in [7, 11) is 0. The quantitative estimate of drug-likeness (QED) is 0.812. The zero-order valence-electron chi connectivity index (χ0n) is 13.2. The maximum atomic E-state index is 12.9. The molecule has 2 aromatic rings. The number of amides is 1. The molecular weight excluding hydrogens is 294 g/mol. The van der Waals surface area contributed by atoms with E-state index < -0.39 is 0 Å². The molecule has 0 spiro atoms. The van der Waals surface area contributed by atoms with E-state index in [1.54, 1.807) is 6.20 Å². The van der Waals surface area contributed by atoms with Gasteiger partial charge in [-0.2, -0.15) is 0 Å². The predicted octanol–water partition coefficient (Wildman–Crippen LogP) is 3.36. The SMILES string of the molecule is CCn1ccnc1SC(C)C(=O)N1c2ccccc2CC1C. The standard InChI is InChI=1S/C17H21N3OS/c1-4-19-10-9-18-17(19)22-13(3)16(21)20-12(2)11-14-7-5-6-8-15(14)20/h5-10,12-13H,4,11H2,1-3H3. The predicted molar refractivity (Wildman–Crippen MR) is 90.3 cm³/mol. The molecule has 1 aliphatic heterocycles. The summed E-state index contributed by atoms with van der Waals surface area (Å²) >= 11 is 1.53. The lowest BCUT2D eigenvalue weighted by Gasteiger charge is -2.25. The van der Waals surface area contributed by atoms with Crippen LogP contribution in [-0.4, -0.2) is 26.8 Å². The molecule has 1 amide bonds. The van der Waals surface area contributed by atoms with Gasteiger partial charge in [0, 0.05) is 30.7 Å². The Morgan fingerprint density at radius 2 is 2.23 bits per heavy atom. The van der Waals surface area contributed by atoms with Crippen LogP contribution in [0.4, 0.5) is 5.69 Å². The number of benzene rings is 1. The Hall–Kier alpha value is -1.75. The number of para-hydroxylation sites is 1. The van der Waals surface area contributed by atoms with Crippen molar-refractivity contribution in [2.24, 2.45) is 0 Å². The van der Waals surface area contributed by atoms with Crippen LogP contribution in [0, 0.1) is 0 Å². The molecule has 116 valence electrons. The molecule has 4 nitrogen and oxygen atoms in total. The summed E-state index contributed by atoms with van der Waals surface area (Å²) in [5.74, 6) is 0.160. The fourth-order valence-corrected chi connectivity index (χ4v) is 3.94. The summed E-state index contributed by atoms with van der Waals surface area (Å²) in [5, 5.41) is 0.754. The van der Waals surface area contributed by atoms with Crippen molar-refractivity contribution in [3.05, 3.63) is 42.2 Å². The molecule has 3 rings (SSSR count). The lowest BCUT2D eigenvalue weighted by Crippen LogP contribution is -2.40. The molecule has 1 aromatic carbocycles. The second-order valence-corrected chi connectivity index (χ2v) is 6.95. The maximum Gasteiger partial charge on any atom is 0.240 e. The van der Waals surface area contributed by atoms with Crippen molar-refractivity contribution in [2.45, 2.75) is 50.2 Å². The summed E-state index contributed by atoms with van der Waals surface area (Å²) in [4.78, 5) is 19.2. The highest BCUT2D eigenvalue weighted by Crippen LogP contribution is 2.34. The third-order valence-corrected chi connectivity index (χ3v) is 5.20. The highest BCUT2D eigenvalue weighted by atomic mass is 32.2. The Bertz CT molecular complexity index is 682. The zero-order valence-corrected chi connectivity index (χ0v) is 14.0. The molecular formula is C17H21N3OS. The Kier molecular flexibility index (Phi) is 4.25. The lowest BCUT2D eigenvalue weighted by atomic mass is 10.1. The average Bonchev–Trinajstić information content (AvgIpc) is 3.09. The smallest absolute Gasteiger partial charge is 0.240 e. The number of imidazole rings is 1. The van der Waals surface area contributed by atoms with Crippen LogP contribution in [0.3, 0.4) is 0 Å². The monoisotopic (exact) mass is 315 g/mol. The first-order valence-electron chi connectivity index (χ1n) is 7.70. The van der Waals surface area contributed by atoms with E-state index in [1.165, 1.54) is 17.3 Å². The van der Waals surface area contributed by atoms with Gasteiger partial charge in [0.05, 0.1) is 5.25 Å². The number of aryl methyl sites for hydroxylation is 1. The van der Waals surface area contributed by atoms with Crippen molar-refractivity contribution >= 4 is 23.4 Å². The molecule has 22 heavy (non-hydrogen) atoms. The fraction of sp³-hybridized carbons (Fsp3) is 0.412. The third kappa shape index (κ3) is 2.65. The minimum Gasteiger partial charge on any atom is -0.326 e. The van der Waals surface area contributed by atoms with E-state index >= 15 is 0 Å². The molecule has 1 aliphatic rings. The highest BCUT2D eigenvalue weighted by Gasteiger charge is 2.33. The average molecular weight is 315 g/mol. The number of anilines is 1. The van der Waals surface area contributed by atoms with Crippen molar-refractivity contribution in [3.8, 4) is 0 Å². The minimum absolute atomic E-state index is 0.152. The van der Waals surface area contributed by atoms with E-state index in [0.717, 1.165) is 23.8 Å². The van der Waals surface area contributed by atoms with Crippen LogP contribution in [0.1, 0.15) is 26.3 Å². The summed E-state index contributed by atoms with van der Waals surface area (Å²) in [5.41, 5.74) is 2.32. The molecule has 1 aromatic heterocycles. The van der Waals surface area contributed by atoms with Gasteiger partial charge >= 0.3 is 0 Å². The molecule has 0 saturated carbocycles. The maximum absolute atomic E-state index is 12.9. The Balaban J connectivity index is 1.79. The van der Waals surface area contributed by atoms with E-state index in [-0.39, 0.29) is 17.2 Å². The molecule has 2 heterocycles. The number of carbonyl (C=O) groups excluding carboxylic acids is 1. The van der Waals surface area contributed by atoms with Crippen molar-refractivity contribution in [1.82, 2.24) is 9.55 Å². The van der Waals surface area contributed by atoms with Gasteiger partial charge in [0.2, 0.25) is 5.91 Å². The number of carbonyl (C=O) groups is 1. The minimum atomic E-state index is -0.152. The molecule has 0 fully saturated rings. The first-order chi connectivity index (χ1) is 10.6. The van der Waals surface area contributed by atoms with Crippen LogP contribution < -0.4 is 4.90 Å². The highest BCUT2D eigenvalue weighted by molar-refractivity contribution is 8.00. The molecule has 5 heteroatoms. The van der Waals surface area contributed by atoms with Crippen LogP contribution in [-0.2, 0) is 17.8 Å². The van der Waals surface area contributed by atoms with E-state index in [0.29, 0.717) is 0 Å². The van der Waals surface area contributed by atoms with Gasteiger partial charge in [0.25, 0.3) is 0 Å². The summed E-state index contributed by atoms with van der Waals surface area (Å²) in [6.45, 7) is 7.03. The number of rotatable bonds is 4. The number of aromatic nitrogens is 2. The van der Waals surface area contributed by atoms with E-state index in [2.05, 4.69) is 29.5 Å². The van der Waals surface area contributed by atoms with Crippen molar-refractivity contribution < 1.29 is 4.79 Å². The number of thioether (sulfide) groups is 1. The summed E-state index contributed by atoms with van der Waals surface area (Å²) in [6, 6.07) is 8.41. The summed E-state index contributed by atoms with van der Waals surface area (Å²) < 4.78 is 2.07.